The fourth-order valence-electron chi connectivity index (χ4n) is 4.00. The van der Waals surface area contributed by atoms with Crippen molar-refractivity contribution in [1.29, 1.82) is 5.26 Å². The number of aryl methyl sites for hydroxylation is 2. The van der Waals surface area contributed by atoms with Crippen LogP contribution in [0.5, 0.6) is 5.75 Å². The van der Waals surface area contributed by atoms with Gasteiger partial charge in [0.05, 0.1) is 11.8 Å². The van der Waals surface area contributed by atoms with Gasteiger partial charge in [0.25, 0.3) is 11.9 Å². The predicted molar refractivity (Wildman–Crippen MR) is 141 cm³/mol. The number of benzene rings is 3. The van der Waals surface area contributed by atoms with Gasteiger partial charge in [-0.3, -0.25) is 15.6 Å². The van der Waals surface area contributed by atoms with Gasteiger partial charge in [0.1, 0.15) is 17.3 Å². The van der Waals surface area contributed by atoms with Crippen LogP contribution in [-0.2, 0) is 0 Å². The number of aromatic nitrogens is 4. The minimum atomic E-state index is -0.460. The molecule has 0 radical (unpaired) electrons. The summed E-state index contributed by atoms with van der Waals surface area (Å²) in [4.78, 5) is 21.6. The van der Waals surface area contributed by atoms with Gasteiger partial charge in [0.2, 0.25) is 0 Å². The van der Waals surface area contributed by atoms with E-state index in [4.69, 9.17) is 0 Å². The van der Waals surface area contributed by atoms with Crippen LogP contribution >= 0.6 is 0 Å². The van der Waals surface area contributed by atoms with Gasteiger partial charge in [-0.2, -0.15) is 15.0 Å². The maximum absolute atomic E-state index is 13.2. The number of nitrogens with one attached hydrogen (secondary N) is 3. The van der Waals surface area contributed by atoms with Crippen LogP contribution in [0.1, 0.15) is 27.0 Å². The predicted octanol–water partition coefficient (Wildman–Crippen LogP) is 4.70. The standard InChI is InChI=1S/C27H22N8O2/c1-16-8-9-22(17(2)12-16)32-26(37)21-13-18-6-3-4-7-20(18)23(24(21)36)33-34-25-19(14-28)15-31-35(25)27-29-10-5-11-30-27/h3-13,15,33-34,36H,1-2H3,(H,32,37). The SMILES string of the molecule is Cc1ccc(NC(=O)c2cc3ccccc3c(NNc3c(C#N)cnn3-c3ncccn3)c2O)c(C)c1. The molecule has 5 aromatic rings. The van der Waals surface area contributed by atoms with E-state index in [-0.39, 0.29) is 34.3 Å². The maximum Gasteiger partial charge on any atom is 0.259 e. The van der Waals surface area contributed by atoms with Crippen LogP contribution in [0.2, 0.25) is 0 Å². The highest BCUT2D eigenvalue weighted by Crippen LogP contribution is 2.37. The molecule has 1 amide bonds. The van der Waals surface area contributed by atoms with Crippen LogP contribution in [0.3, 0.4) is 0 Å². The number of phenolic OH excluding ortho intramolecular Hbond substituents is 1. The molecule has 182 valence electrons. The largest absolute Gasteiger partial charge is 0.505 e. The van der Waals surface area contributed by atoms with Crippen molar-refractivity contribution in [2.45, 2.75) is 13.8 Å². The summed E-state index contributed by atoms with van der Waals surface area (Å²) in [5.41, 5.74) is 9.14. The van der Waals surface area contributed by atoms with Crippen LogP contribution in [0.15, 0.2) is 73.2 Å². The summed E-state index contributed by atoms with van der Waals surface area (Å²) < 4.78 is 1.36. The monoisotopic (exact) mass is 490 g/mol. The van der Waals surface area contributed by atoms with E-state index in [0.717, 1.165) is 16.5 Å². The van der Waals surface area contributed by atoms with E-state index in [9.17, 15) is 15.2 Å². The third-order valence-electron chi connectivity index (χ3n) is 5.83. The molecule has 0 fully saturated rings. The first kappa shape index (κ1) is 23.3. The molecule has 10 heteroatoms. The maximum atomic E-state index is 13.2. The second kappa shape index (κ2) is 9.67. The lowest BCUT2D eigenvalue weighted by molar-refractivity contribution is 0.102. The molecule has 2 aromatic heterocycles. The van der Waals surface area contributed by atoms with Crippen molar-refractivity contribution in [1.82, 2.24) is 19.7 Å². The zero-order chi connectivity index (χ0) is 25.9. The quantitative estimate of drug-likeness (QED) is 0.198. The second-order valence-electron chi connectivity index (χ2n) is 8.37. The number of carbonyl (C=O) groups is 1. The fraction of sp³-hybridized carbons (Fsp3) is 0.0741. The van der Waals surface area contributed by atoms with Gasteiger partial charge in [0, 0.05) is 23.5 Å². The van der Waals surface area contributed by atoms with Crippen molar-refractivity contribution >= 4 is 33.9 Å². The summed E-state index contributed by atoms with van der Waals surface area (Å²) in [6, 6.07) is 18.4. The average molecular weight is 491 g/mol. The normalized spacial score (nSPS) is 10.6. The molecular weight excluding hydrogens is 468 g/mol. The number of hydrazine groups is 1. The van der Waals surface area contributed by atoms with E-state index in [1.54, 1.807) is 24.5 Å². The number of nitrogens with zero attached hydrogens (tertiary/aromatic N) is 5. The number of carbonyl (C=O) groups excluding carboxylic acids is 1. The van der Waals surface area contributed by atoms with Crippen molar-refractivity contribution in [3.63, 3.8) is 0 Å². The van der Waals surface area contributed by atoms with Crippen molar-refractivity contribution in [3.05, 3.63) is 95.4 Å². The zero-order valence-electron chi connectivity index (χ0n) is 20.0. The Balaban J connectivity index is 1.53. The number of fused-ring (bicyclic) bond motifs is 1. The molecule has 0 saturated heterocycles. The van der Waals surface area contributed by atoms with Gasteiger partial charge >= 0.3 is 0 Å². The molecule has 0 saturated carbocycles. The third kappa shape index (κ3) is 4.49. The van der Waals surface area contributed by atoms with E-state index in [1.165, 1.54) is 10.9 Å². The van der Waals surface area contributed by atoms with Crippen molar-refractivity contribution in [2.24, 2.45) is 0 Å². The number of hydrogen-bond acceptors (Lipinski definition) is 8. The number of anilines is 3. The highest BCUT2D eigenvalue weighted by molar-refractivity contribution is 6.12. The Morgan fingerprint density at radius 2 is 1.81 bits per heavy atom. The topological polar surface area (TPSA) is 141 Å². The number of rotatable bonds is 6. The first-order valence-corrected chi connectivity index (χ1v) is 11.4. The van der Waals surface area contributed by atoms with Gasteiger partial charge in [0.15, 0.2) is 11.6 Å². The van der Waals surface area contributed by atoms with Gasteiger partial charge < -0.3 is 10.4 Å². The zero-order valence-corrected chi connectivity index (χ0v) is 20.0. The van der Waals surface area contributed by atoms with Crippen LogP contribution in [-0.4, -0.2) is 30.8 Å². The molecular formula is C27H22N8O2. The highest BCUT2D eigenvalue weighted by atomic mass is 16.3. The molecule has 0 aliphatic heterocycles. The van der Waals surface area contributed by atoms with Crippen molar-refractivity contribution < 1.29 is 9.90 Å². The second-order valence-corrected chi connectivity index (χ2v) is 8.37. The first-order valence-electron chi connectivity index (χ1n) is 11.4. The summed E-state index contributed by atoms with van der Waals surface area (Å²) in [5.74, 6) is -0.195. The molecule has 4 N–H and O–H groups in total. The van der Waals surface area contributed by atoms with Gasteiger partial charge in [-0.05, 0) is 43.0 Å². The fourth-order valence-corrected chi connectivity index (χ4v) is 4.00. The lowest BCUT2D eigenvalue weighted by Crippen LogP contribution is -2.17. The molecule has 10 nitrogen and oxygen atoms in total. The Labute approximate surface area is 212 Å². The molecule has 0 unspecified atom stereocenters. The number of aromatic hydroxyl groups is 1. The summed E-state index contributed by atoms with van der Waals surface area (Å²) in [6.45, 7) is 3.89. The van der Waals surface area contributed by atoms with E-state index in [0.29, 0.717) is 11.1 Å². The van der Waals surface area contributed by atoms with Gasteiger partial charge in [-0.1, -0.05) is 42.0 Å². The van der Waals surface area contributed by atoms with Crippen molar-refractivity contribution in [2.75, 3.05) is 16.2 Å². The Bertz CT molecular complexity index is 1670. The summed E-state index contributed by atoms with van der Waals surface area (Å²) >= 11 is 0. The molecule has 0 aliphatic rings. The lowest BCUT2D eigenvalue weighted by Gasteiger charge is -2.17. The van der Waals surface area contributed by atoms with Crippen LogP contribution < -0.4 is 16.2 Å². The molecule has 37 heavy (non-hydrogen) atoms. The van der Waals surface area contributed by atoms with Crippen molar-refractivity contribution in [3.8, 4) is 17.8 Å². The van der Waals surface area contributed by atoms with E-state index in [2.05, 4.69) is 37.3 Å². The molecule has 2 heterocycles. The molecule has 3 aromatic carbocycles. The highest BCUT2D eigenvalue weighted by Gasteiger charge is 2.20. The molecule has 0 aliphatic carbocycles. The Morgan fingerprint density at radius 1 is 1.03 bits per heavy atom. The number of phenols is 1. The smallest absolute Gasteiger partial charge is 0.259 e. The summed E-state index contributed by atoms with van der Waals surface area (Å²) in [7, 11) is 0. The Hall–Kier alpha value is -5.43. The summed E-state index contributed by atoms with van der Waals surface area (Å²) in [5, 5.41) is 29.3. The number of amides is 1. The van der Waals surface area contributed by atoms with E-state index < -0.39 is 5.91 Å². The summed E-state index contributed by atoms with van der Waals surface area (Å²) in [6.07, 6.45) is 4.50. The number of nitriles is 1. The van der Waals surface area contributed by atoms with Gasteiger partial charge in [-0.25, -0.2) is 9.97 Å². The molecule has 0 atom stereocenters. The van der Waals surface area contributed by atoms with E-state index >= 15 is 0 Å². The van der Waals surface area contributed by atoms with E-state index in [1.807, 2.05) is 56.3 Å². The van der Waals surface area contributed by atoms with Crippen LogP contribution in [0, 0.1) is 25.2 Å². The number of hydrogen-bond donors (Lipinski definition) is 4. The van der Waals surface area contributed by atoms with Crippen LogP contribution in [0.4, 0.5) is 17.2 Å². The molecule has 0 spiro atoms. The molecule has 5 rings (SSSR count). The third-order valence-corrected chi connectivity index (χ3v) is 5.83. The Morgan fingerprint density at radius 3 is 2.57 bits per heavy atom. The lowest BCUT2D eigenvalue weighted by atomic mass is 10.0. The van der Waals surface area contributed by atoms with Crippen LogP contribution in [0.25, 0.3) is 16.7 Å². The molecule has 0 bridgehead atoms. The van der Waals surface area contributed by atoms with Gasteiger partial charge in [-0.15, -0.1) is 0 Å². The minimum Gasteiger partial charge on any atom is -0.505 e. The minimum absolute atomic E-state index is 0.0865. The average Bonchev–Trinajstić information content (AvgIpc) is 3.33. The Kier molecular flexibility index (Phi) is 6.10. The first-order chi connectivity index (χ1) is 18.0.